The van der Waals surface area contributed by atoms with Gasteiger partial charge in [-0.15, -0.1) is 0 Å². The molecule has 0 aromatic rings. The first-order valence-electron chi connectivity index (χ1n) is 6.89. The number of rotatable bonds is 6. The van der Waals surface area contributed by atoms with Crippen LogP contribution in [0, 0.1) is 0 Å². The Morgan fingerprint density at radius 3 is 2.47 bits per heavy atom. The second-order valence-electron chi connectivity index (χ2n) is 6.42. The van der Waals surface area contributed by atoms with E-state index >= 15 is 0 Å². The van der Waals surface area contributed by atoms with Gasteiger partial charge in [0.05, 0.1) is 19.0 Å². The second kappa shape index (κ2) is 6.48. The molecule has 0 aromatic carbocycles. The van der Waals surface area contributed by atoms with Crippen LogP contribution in [-0.2, 0) is 9.16 Å². The molecular weight excluding hydrogens is 256 g/mol. The van der Waals surface area contributed by atoms with Crippen molar-refractivity contribution in [1.82, 2.24) is 5.32 Å². The van der Waals surface area contributed by atoms with Gasteiger partial charge < -0.3 is 20.2 Å². The molecule has 5 heteroatoms. The molecule has 3 N–H and O–H groups in total. The fourth-order valence-corrected chi connectivity index (χ4v) is 2.48. The molecule has 0 radical (unpaired) electrons. The van der Waals surface area contributed by atoms with E-state index in [1.54, 1.807) is 0 Å². The Hall–Kier alpha value is -0.943. The number of ether oxygens (including phenoxy) is 1. The van der Waals surface area contributed by atoms with Gasteiger partial charge in [-0.05, 0) is 30.3 Å². The summed E-state index contributed by atoms with van der Waals surface area (Å²) in [5.41, 5.74) is 5.60. The van der Waals surface area contributed by atoms with E-state index in [9.17, 15) is 0 Å². The van der Waals surface area contributed by atoms with E-state index < -0.39 is 8.32 Å². The van der Waals surface area contributed by atoms with Crippen molar-refractivity contribution in [1.29, 1.82) is 0 Å². The third kappa shape index (κ3) is 5.28. The Labute approximate surface area is 118 Å². The van der Waals surface area contributed by atoms with E-state index in [2.05, 4.69) is 39.2 Å². The fourth-order valence-electron chi connectivity index (χ4n) is 1.39. The Balaban J connectivity index is 2.19. The fraction of sp³-hybridized carbons (Fsp3) is 0.714. The molecule has 1 aliphatic heterocycles. The molecule has 1 heterocycles. The molecule has 0 aromatic heterocycles. The van der Waals surface area contributed by atoms with Crippen molar-refractivity contribution in [3.63, 3.8) is 0 Å². The van der Waals surface area contributed by atoms with Gasteiger partial charge in [0.25, 0.3) is 0 Å². The number of hydrogen-bond acceptors (Lipinski definition) is 4. The Morgan fingerprint density at radius 2 is 1.95 bits per heavy atom. The molecule has 4 nitrogen and oxygen atoms in total. The van der Waals surface area contributed by atoms with E-state index in [0.717, 1.165) is 18.8 Å². The van der Waals surface area contributed by atoms with Gasteiger partial charge in [0.15, 0.2) is 8.32 Å². The van der Waals surface area contributed by atoms with Crippen molar-refractivity contribution < 1.29 is 9.16 Å². The predicted molar refractivity (Wildman–Crippen MR) is 82.1 cm³/mol. The summed E-state index contributed by atoms with van der Waals surface area (Å²) in [7, 11) is -1.61. The third-order valence-corrected chi connectivity index (χ3v) is 8.30. The normalized spacial score (nSPS) is 16.5. The van der Waals surface area contributed by atoms with E-state index in [-0.39, 0.29) is 5.04 Å². The lowest BCUT2D eigenvalue weighted by Gasteiger charge is -2.36. The zero-order chi connectivity index (χ0) is 14.5. The van der Waals surface area contributed by atoms with Crippen molar-refractivity contribution in [3.05, 3.63) is 23.7 Å². The van der Waals surface area contributed by atoms with Crippen LogP contribution in [0.15, 0.2) is 23.7 Å². The number of dihydropyridines is 1. The predicted octanol–water partition coefficient (Wildman–Crippen LogP) is 2.70. The lowest BCUT2D eigenvalue weighted by atomic mass is 10.2. The minimum atomic E-state index is -1.61. The molecule has 1 aliphatic rings. The summed E-state index contributed by atoms with van der Waals surface area (Å²) in [4.78, 5) is 0. The molecule has 0 spiro atoms. The summed E-state index contributed by atoms with van der Waals surface area (Å²) in [5, 5.41) is 3.31. The van der Waals surface area contributed by atoms with Crippen molar-refractivity contribution in [2.24, 2.45) is 5.73 Å². The molecule has 0 saturated heterocycles. The molecule has 0 bridgehead atoms. The van der Waals surface area contributed by atoms with Crippen LogP contribution < -0.4 is 11.1 Å². The smallest absolute Gasteiger partial charge is 0.191 e. The van der Waals surface area contributed by atoms with Gasteiger partial charge in [-0.1, -0.05) is 20.8 Å². The first-order valence-corrected chi connectivity index (χ1v) is 9.80. The largest absolute Gasteiger partial charge is 0.496 e. The average Bonchev–Trinajstić information content (AvgIpc) is 2.29. The van der Waals surface area contributed by atoms with E-state index in [1.807, 2.05) is 12.2 Å². The Kier molecular flexibility index (Phi) is 5.49. The summed E-state index contributed by atoms with van der Waals surface area (Å²) in [6.45, 7) is 13.4. The monoisotopic (exact) mass is 284 g/mol. The maximum Gasteiger partial charge on any atom is 0.191 e. The van der Waals surface area contributed by atoms with Gasteiger partial charge in [0, 0.05) is 13.0 Å². The van der Waals surface area contributed by atoms with Crippen molar-refractivity contribution in [3.8, 4) is 0 Å². The Morgan fingerprint density at radius 1 is 1.26 bits per heavy atom. The van der Waals surface area contributed by atoms with Crippen LogP contribution in [0.3, 0.4) is 0 Å². The third-order valence-electron chi connectivity index (χ3n) is 3.76. The zero-order valence-corrected chi connectivity index (χ0v) is 13.9. The van der Waals surface area contributed by atoms with Crippen LogP contribution in [0.2, 0.25) is 18.1 Å². The van der Waals surface area contributed by atoms with Gasteiger partial charge in [-0.25, -0.2) is 0 Å². The minimum absolute atomic E-state index is 0.270. The Bertz CT molecular complexity index is 357. The zero-order valence-electron chi connectivity index (χ0n) is 12.9. The van der Waals surface area contributed by atoms with E-state index in [0.29, 0.717) is 19.0 Å². The molecule has 0 atom stereocenters. The highest BCUT2D eigenvalue weighted by molar-refractivity contribution is 6.74. The van der Waals surface area contributed by atoms with E-state index in [4.69, 9.17) is 14.9 Å². The average molecular weight is 284 g/mol. The quantitative estimate of drug-likeness (QED) is 0.581. The highest BCUT2D eigenvalue weighted by Gasteiger charge is 2.36. The lowest BCUT2D eigenvalue weighted by Crippen LogP contribution is -2.41. The lowest BCUT2D eigenvalue weighted by molar-refractivity contribution is 0.173. The molecule has 110 valence electrons. The van der Waals surface area contributed by atoms with Crippen molar-refractivity contribution in [2.45, 2.75) is 45.3 Å². The van der Waals surface area contributed by atoms with Crippen LogP contribution in [0.25, 0.3) is 0 Å². The highest BCUT2D eigenvalue weighted by atomic mass is 28.4. The van der Waals surface area contributed by atoms with Crippen molar-refractivity contribution in [2.75, 3.05) is 19.8 Å². The summed E-state index contributed by atoms with van der Waals surface area (Å²) in [6, 6.07) is 0. The van der Waals surface area contributed by atoms with Gasteiger partial charge in [-0.3, -0.25) is 0 Å². The summed E-state index contributed by atoms with van der Waals surface area (Å²) in [6.07, 6.45) is 4.66. The minimum Gasteiger partial charge on any atom is -0.496 e. The molecular formula is C14H28N2O2Si. The van der Waals surface area contributed by atoms with Gasteiger partial charge in [0.1, 0.15) is 5.76 Å². The molecule has 1 rings (SSSR count). The van der Waals surface area contributed by atoms with Gasteiger partial charge >= 0.3 is 0 Å². The standard InChI is InChI=1S/C14H28N2O2Si/c1-14(2,3)19(4,5)18-10-6-9-17-12-7-8-13(15)16-11-12/h7-8,16H,6,9-11,15H2,1-5H3. The first-order chi connectivity index (χ1) is 8.72. The van der Waals surface area contributed by atoms with Gasteiger partial charge in [-0.2, -0.15) is 0 Å². The highest BCUT2D eigenvalue weighted by Crippen LogP contribution is 2.36. The number of nitrogens with two attached hydrogens (primary N) is 1. The van der Waals surface area contributed by atoms with E-state index in [1.165, 1.54) is 0 Å². The summed E-state index contributed by atoms with van der Waals surface area (Å²) in [5.74, 6) is 1.62. The molecule has 19 heavy (non-hydrogen) atoms. The van der Waals surface area contributed by atoms with Crippen LogP contribution in [0.4, 0.5) is 0 Å². The van der Waals surface area contributed by atoms with Crippen molar-refractivity contribution >= 4 is 8.32 Å². The SMILES string of the molecule is CC(C)(C)[Si](C)(C)OCCCOC1=CC=C(N)NC1. The number of allylic oxidation sites excluding steroid dienone is 2. The number of hydrogen-bond donors (Lipinski definition) is 2. The van der Waals surface area contributed by atoms with Crippen LogP contribution in [-0.4, -0.2) is 28.1 Å². The topological polar surface area (TPSA) is 56.5 Å². The maximum atomic E-state index is 6.09. The molecule has 0 unspecified atom stereocenters. The molecule has 0 fully saturated rings. The summed E-state index contributed by atoms with van der Waals surface area (Å²) < 4.78 is 11.8. The summed E-state index contributed by atoms with van der Waals surface area (Å²) >= 11 is 0. The van der Waals surface area contributed by atoms with Crippen LogP contribution in [0.5, 0.6) is 0 Å². The van der Waals surface area contributed by atoms with Gasteiger partial charge in [0.2, 0.25) is 0 Å². The molecule has 0 amide bonds. The molecule has 0 saturated carbocycles. The maximum absolute atomic E-state index is 6.09. The van der Waals surface area contributed by atoms with Crippen LogP contribution in [0.1, 0.15) is 27.2 Å². The van der Waals surface area contributed by atoms with Crippen LogP contribution >= 0.6 is 0 Å². The molecule has 0 aliphatic carbocycles. The first kappa shape index (κ1) is 16.1. The second-order valence-corrected chi connectivity index (χ2v) is 11.2. The number of nitrogens with one attached hydrogen (secondary N) is 1.